The first-order valence-corrected chi connectivity index (χ1v) is 4.93. The molecule has 1 fully saturated rings. The van der Waals surface area contributed by atoms with E-state index in [1.54, 1.807) is 13.2 Å². The number of ketones is 1. The average Bonchev–Trinajstić information content (AvgIpc) is 2.52. The maximum atomic E-state index is 11.2. The van der Waals surface area contributed by atoms with Gasteiger partial charge < -0.3 is 9.84 Å². The van der Waals surface area contributed by atoms with E-state index < -0.39 is 6.10 Å². The summed E-state index contributed by atoms with van der Waals surface area (Å²) >= 11 is 0. The van der Waals surface area contributed by atoms with Crippen molar-refractivity contribution in [3.8, 4) is 0 Å². The number of carbonyl (C=O) groups excluding carboxylic acids is 1. The first-order chi connectivity index (χ1) is 6.48. The lowest BCUT2D eigenvalue weighted by Crippen LogP contribution is -2.35. The van der Waals surface area contributed by atoms with Gasteiger partial charge in [-0.3, -0.25) is 4.79 Å². The first kappa shape index (κ1) is 9.87. The number of methoxy groups -OCH3 is 1. The van der Waals surface area contributed by atoms with Crippen molar-refractivity contribution in [2.45, 2.75) is 32.5 Å². The van der Waals surface area contributed by atoms with Crippen molar-refractivity contribution in [2.24, 2.45) is 11.3 Å². The Morgan fingerprint density at radius 1 is 1.57 bits per heavy atom. The topological polar surface area (TPSA) is 46.5 Å². The summed E-state index contributed by atoms with van der Waals surface area (Å²) in [4.78, 5) is 11.2. The van der Waals surface area contributed by atoms with Gasteiger partial charge in [-0.05, 0) is 11.6 Å². The van der Waals surface area contributed by atoms with Crippen LogP contribution in [0.4, 0.5) is 0 Å². The van der Waals surface area contributed by atoms with E-state index in [0.29, 0.717) is 6.42 Å². The van der Waals surface area contributed by atoms with Gasteiger partial charge in [0.1, 0.15) is 0 Å². The summed E-state index contributed by atoms with van der Waals surface area (Å²) < 4.78 is 5.38. The minimum Gasteiger partial charge on any atom is -0.392 e. The fourth-order valence-electron chi connectivity index (χ4n) is 2.79. The molecule has 2 aliphatic rings. The Balaban J connectivity index is 2.40. The second kappa shape index (κ2) is 2.91. The van der Waals surface area contributed by atoms with Crippen molar-refractivity contribution in [1.82, 2.24) is 0 Å². The maximum absolute atomic E-state index is 11.2. The highest BCUT2D eigenvalue weighted by Crippen LogP contribution is 2.50. The second-order valence-corrected chi connectivity index (χ2v) is 4.80. The van der Waals surface area contributed by atoms with E-state index >= 15 is 0 Å². The summed E-state index contributed by atoms with van der Waals surface area (Å²) in [5.74, 6) is 0.101. The number of carbonyl (C=O) groups is 1. The van der Waals surface area contributed by atoms with Crippen LogP contribution in [0, 0.1) is 11.3 Å². The zero-order chi connectivity index (χ0) is 10.5. The summed E-state index contributed by atoms with van der Waals surface area (Å²) in [6.07, 6.45) is 1.51. The fourth-order valence-corrected chi connectivity index (χ4v) is 2.79. The normalized spacial score (nSPS) is 39.9. The van der Waals surface area contributed by atoms with Crippen LogP contribution >= 0.6 is 0 Å². The van der Waals surface area contributed by atoms with Crippen LogP contribution in [-0.2, 0) is 9.53 Å². The molecular weight excluding hydrogens is 180 g/mol. The highest BCUT2D eigenvalue weighted by molar-refractivity contribution is 5.94. The van der Waals surface area contributed by atoms with E-state index in [0.717, 1.165) is 5.57 Å². The van der Waals surface area contributed by atoms with E-state index in [-0.39, 0.29) is 23.2 Å². The van der Waals surface area contributed by atoms with Crippen LogP contribution < -0.4 is 0 Å². The third kappa shape index (κ3) is 1.09. The van der Waals surface area contributed by atoms with Gasteiger partial charge in [0.25, 0.3) is 0 Å². The molecule has 3 unspecified atom stereocenters. The molecule has 2 rings (SSSR count). The predicted octanol–water partition coefficient (Wildman–Crippen LogP) is 0.918. The van der Waals surface area contributed by atoms with Crippen molar-refractivity contribution in [2.75, 3.05) is 7.11 Å². The summed E-state index contributed by atoms with van der Waals surface area (Å²) in [7, 11) is 1.63. The Morgan fingerprint density at radius 3 is 2.79 bits per heavy atom. The van der Waals surface area contributed by atoms with Gasteiger partial charge in [0.15, 0.2) is 5.78 Å². The maximum Gasteiger partial charge on any atom is 0.156 e. The van der Waals surface area contributed by atoms with Crippen LogP contribution in [0.25, 0.3) is 0 Å². The predicted molar refractivity (Wildman–Crippen MR) is 51.8 cm³/mol. The van der Waals surface area contributed by atoms with Crippen molar-refractivity contribution in [3.05, 3.63) is 11.6 Å². The smallest absolute Gasteiger partial charge is 0.156 e. The number of hydrogen-bond acceptors (Lipinski definition) is 3. The highest BCUT2D eigenvalue weighted by atomic mass is 16.5. The minimum absolute atomic E-state index is 0.0116. The Hall–Kier alpha value is -0.670. The van der Waals surface area contributed by atoms with E-state index in [9.17, 15) is 9.90 Å². The number of allylic oxidation sites excluding steroid dienone is 1. The molecule has 0 aromatic heterocycles. The quantitative estimate of drug-likeness (QED) is 0.678. The summed E-state index contributed by atoms with van der Waals surface area (Å²) in [6.45, 7) is 3.96. The molecule has 0 aliphatic heterocycles. The lowest BCUT2D eigenvalue weighted by atomic mass is 9.84. The molecule has 0 aromatic carbocycles. The van der Waals surface area contributed by atoms with Gasteiger partial charge in [0, 0.05) is 24.9 Å². The van der Waals surface area contributed by atoms with Crippen molar-refractivity contribution < 1.29 is 14.6 Å². The zero-order valence-corrected chi connectivity index (χ0v) is 8.78. The third-order valence-electron chi connectivity index (χ3n) is 3.53. The second-order valence-electron chi connectivity index (χ2n) is 4.80. The molecule has 3 atom stereocenters. The monoisotopic (exact) mass is 196 g/mol. The molecule has 1 N–H and O–H groups in total. The van der Waals surface area contributed by atoms with E-state index in [4.69, 9.17) is 4.74 Å². The molecule has 3 heteroatoms. The van der Waals surface area contributed by atoms with Crippen LogP contribution in [0.3, 0.4) is 0 Å². The van der Waals surface area contributed by atoms with Crippen LogP contribution in [0.15, 0.2) is 11.6 Å². The molecule has 78 valence electrons. The molecule has 0 aromatic rings. The lowest BCUT2D eigenvalue weighted by molar-refractivity contribution is -0.115. The van der Waals surface area contributed by atoms with Gasteiger partial charge in [-0.15, -0.1) is 0 Å². The third-order valence-corrected chi connectivity index (χ3v) is 3.53. The molecular formula is C11H16O3. The number of hydrogen-bond donors (Lipinski definition) is 1. The SMILES string of the molecule is COC1C2=CC(=O)CC2C(O)C1(C)C. The molecule has 2 aliphatic carbocycles. The molecule has 0 bridgehead atoms. The van der Waals surface area contributed by atoms with E-state index in [1.165, 1.54) is 0 Å². The van der Waals surface area contributed by atoms with Crippen LogP contribution in [0.1, 0.15) is 20.3 Å². The number of aliphatic hydroxyl groups is 1. The zero-order valence-electron chi connectivity index (χ0n) is 8.78. The highest BCUT2D eigenvalue weighted by Gasteiger charge is 2.54. The summed E-state index contributed by atoms with van der Waals surface area (Å²) in [5.41, 5.74) is 0.696. The minimum atomic E-state index is -0.467. The van der Waals surface area contributed by atoms with Crippen molar-refractivity contribution in [1.29, 1.82) is 0 Å². The molecule has 3 nitrogen and oxygen atoms in total. The van der Waals surface area contributed by atoms with E-state index in [2.05, 4.69) is 0 Å². The molecule has 1 saturated carbocycles. The van der Waals surface area contributed by atoms with Crippen molar-refractivity contribution >= 4 is 5.78 Å². The van der Waals surface area contributed by atoms with Crippen molar-refractivity contribution in [3.63, 3.8) is 0 Å². The average molecular weight is 196 g/mol. The Kier molecular flexibility index (Phi) is 2.05. The van der Waals surface area contributed by atoms with Gasteiger partial charge in [-0.1, -0.05) is 13.8 Å². The lowest BCUT2D eigenvalue weighted by Gasteiger charge is -2.29. The van der Waals surface area contributed by atoms with Gasteiger partial charge in [0.05, 0.1) is 12.2 Å². The fraction of sp³-hybridized carbons (Fsp3) is 0.727. The Bertz CT molecular complexity index is 304. The van der Waals surface area contributed by atoms with Gasteiger partial charge in [0.2, 0.25) is 0 Å². The molecule has 0 saturated heterocycles. The van der Waals surface area contributed by atoms with Gasteiger partial charge >= 0.3 is 0 Å². The summed E-state index contributed by atoms with van der Waals surface area (Å²) in [6, 6.07) is 0. The number of aliphatic hydroxyl groups excluding tert-OH is 1. The van der Waals surface area contributed by atoms with Gasteiger partial charge in [-0.2, -0.15) is 0 Å². The van der Waals surface area contributed by atoms with Crippen LogP contribution in [0.2, 0.25) is 0 Å². The summed E-state index contributed by atoms with van der Waals surface area (Å²) in [5, 5.41) is 10.1. The van der Waals surface area contributed by atoms with E-state index in [1.807, 2.05) is 13.8 Å². The number of rotatable bonds is 1. The molecule has 0 radical (unpaired) electrons. The molecule has 0 heterocycles. The van der Waals surface area contributed by atoms with Crippen LogP contribution in [0.5, 0.6) is 0 Å². The molecule has 0 amide bonds. The number of ether oxygens (including phenoxy) is 1. The largest absolute Gasteiger partial charge is 0.392 e. The number of fused-ring (bicyclic) bond motifs is 1. The first-order valence-electron chi connectivity index (χ1n) is 4.93. The van der Waals surface area contributed by atoms with Gasteiger partial charge in [-0.25, -0.2) is 0 Å². The molecule has 0 spiro atoms. The Labute approximate surface area is 83.8 Å². The van der Waals surface area contributed by atoms with Crippen LogP contribution in [-0.4, -0.2) is 30.2 Å². The Morgan fingerprint density at radius 2 is 2.21 bits per heavy atom. The molecule has 14 heavy (non-hydrogen) atoms. The standard InChI is InChI=1S/C11H16O3/c1-11(2)9(13)7-4-6(12)5-8(7)10(11)14-3/h5,7,9-10,13H,4H2,1-3H3.